The highest BCUT2D eigenvalue weighted by atomic mass is 32.2. The summed E-state index contributed by atoms with van der Waals surface area (Å²) in [6, 6.07) is 31.8. The number of nitrogens with zero attached hydrogens (tertiary/aromatic N) is 2. The fourth-order valence-electron chi connectivity index (χ4n) is 4.18. The summed E-state index contributed by atoms with van der Waals surface area (Å²) < 4.78 is 64.8. The molecular formula is C31H32N2O7S2. The lowest BCUT2D eigenvalue weighted by atomic mass is 10.2. The highest BCUT2D eigenvalue weighted by Gasteiger charge is 2.25. The van der Waals surface area contributed by atoms with Crippen LogP contribution in [0.1, 0.15) is 16.7 Å². The molecule has 0 aliphatic heterocycles. The third kappa shape index (κ3) is 8.34. The zero-order valence-corrected chi connectivity index (χ0v) is 24.9. The van der Waals surface area contributed by atoms with Crippen LogP contribution in [0.25, 0.3) is 0 Å². The van der Waals surface area contributed by atoms with Gasteiger partial charge in [0.15, 0.2) is 0 Å². The Morgan fingerprint density at radius 2 is 1.19 bits per heavy atom. The van der Waals surface area contributed by atoms with Crippen LogP contribution in [0.15, 0.2) is 109 Å². The van der Waals surface area contributed by atoms with Crippen LogP contribution in [-0.4, -0.2) is 42.7 Å². The molecule has 0 unspecified atom stereocenters. The van der Waals surface area contributed by atoms with E-state index < -0.39 is 32.6 Å². The summed E-state index contributed by atoms with van der Waals surface area (Å²) in [4.78, 5) is 11.8. The van der Waals surface area contributed by atoms with E-state index in [4.69, 9.17) is 4.74 Å². The predicted octanol–water partition coefficient (Wildman–Crippen LogP) is 4.74. The van der Waals surface area contributed by atoms with Gasteiger partial charge in [-0.3, -0.25) is 13.4 Å². The second-order valence-electron chi connectivity index (χ2n) is 9.53. The summed E-state index contributed by atoms with van der Waals surface area (Å²) in [5.41, 5.74) is 2.98. The van der Waals surface area contributed by atoms with E-state index in [2.05, 4.69) is 4.74 Å². The number of hydrogen-bond acceptors (Lipinski definition) is 7. The molecule has 0 heterocycles. The van der Waals surface area contributed by atoms with Crippen molar-refractivity contribution in [1.29, 1.82) is 0 Å². The van der Waals surface area contributed by atoms with Gasteiger partial charge in [0.2, 0.25) is 20.0 Å². The monoisotopic (exact) mass is 608 g/mol. The van der Waals surface area contributed by atoms with Crippen molar-refractivity contribution >= 4 is 37.4 Å². The first kappa shape index (κ1) is 30.6. The SMILES string of the molecule is COC(=O)CN(c1ccc(CN(c2ccc(OCc3ccccc3)cc2)S(=O)(=O)Cc2ccccc2)cc1)S(C)(=O)=O. The molecule has 0 radical (unpaired) electrons. The van der Waals surface area contributed by atoms with Gasteiger partial charge in [0.05, 0.1) is 37.0 Å². The van der Waals surface area contributed by atoms with Gasteiger partial charge in [-0.15, -0.1) is 0 Å². The van der Waals surface area contributed by atoms with Crippen LogP contribution >= 0.6 is 0 Å². The first-order valence-corrected chi connectivity index (χ1v) is 16.5. The predicted molar refractivity (Wildman–Crippen MR) is 163 cm³/mol. The van der Waals surface area contributed by atoms with Gasteiger partial charge in [-0.2, -0.15) is 0 Å². The van der Waals surface area contributed by atoms with Gasteiger partial charge in [-0.25, -0.2) is 16.8 Å². The van der Waals surface area contributed by atoms with E-state index in [-0.39, 0.29) is 18.0 Å². The largest absolute Gasteiger partial charge is 0.489 e. The van der Waals surface area contributed by atoms with E-state index in [1.54, 1.807) is 60.7 Å². The Labute approximate surface area is 247 Å². The lowest BCUT2D eigenvalue weighted by molar-refractivity contribution is -0.138. The minimum Gasteiger partial charge on any atom is -0.489 e. The zero-order valence-electron chi connectivity index (χ0n) is 23.3. The smallest absolute Gasteiger partial charge is 0.326 e. The van der Waals surface area contributed by atoms with Crippen molar-refractivity contribution in [3.63, 3.8) is 0 Å². The quantitative estimate of drug-likeness (QED) is 0.202. The highest BCUT2D eigenvalue weighted by molar-refractivity contribution is 7.92. The third-order valence-corrected chi connectivity index (χ3v) is 9.20. The second kappa shape index (κ2) is 13.5. The molecule has 0 aromatic heterocycles. The number of hydrogen-bond donors (Lipinski definition) is 0. The van der Waals surface area contributed by atoms with Crippen LogP contribution in [0.4, 0.5) is 11.4 Å². The Balaban J connectivity index is 1.60. The van der Waals surface area contributed by atoms with Crippen molar-refractivity contribution in [2.75, 3.05) is 28.5 Å². The molecule has 4 aromatic rings. The summed E-state index contributed by atoms with van der Waals surface area (Å²) in [7, 11) is -6.43. The van der Waals surface area contributed by atoms with Crippen molar-refractivity contribution in [2.45, 2.75) is 18.9 Å². The fourth-order valence-corrected chi connectivity index (χ4v) is 6.58. The van der Waals surface area contributed by atoms with Crippen molar-refractivity contribution in [2.24, 2.45) is 0 Å². The van der Waals surface area contributed by atoms with E-state index in [1.165, 1.54) is 23.5 Å². The van der Waals surface area contributed by atoms with Gasteiger partial charge in [-0.05, 0) is 53.1 Å². The average Bonchev–Trinajstić information content (AvgIpc) is 2.98. The van der Waals surface area contributed by atoms with Crippen LogP contribution in [0, 0.1) is 0 Å². The normalized spacial score (nSPS) is 11.5. The van der Waals surface area contributed by atoms with Crippen molar-refractivity contribution in [3.8, 4) is 5.75 Å². The minimum atomic E-state index is -3.84. The Kier molecular flexibility index (Phi) is 9.87. The topological polar surface area (TPSA) is 110 Å². The van der Waals surface area contributed by atoms with E-state index in [0.29, 0.717) is 29.2 Å². The molecule has 0 bridgehead atoms. The average molecular weight is 609 g/mol. The molecule has 0 fully saturated rings. The third-order valence-electron chi connectivity index (χ3n) is 6.35. The number of ether oxygens (including phenoxy) is 2. The maximum Gasteiger partial charge on any atom is 0.326 e. The molecule has 0 atom stereocenters. The zero-order chi connectivity index (χ0) is 30.2. The molecule has 0 N–H and O–H groups in total. The van der Waals surface area contributed by atoms with Crippen LogP contribution in [-0.2, 0) is 48.5 Å². The lowest BCUT2D eigenvalue weighted by Gasteiger charge is -2.26. The van der Waals surface area contributed by atoms with Gasteiger partial charge in [0.25, 0.3) is 0 Å². The molecule has 4 aromatic carbocycles. The number of benzene rings is 4. The second-order valence-corrected chi connectivity index (χ2v) is 13.3. The molecule has 0 spiro atoms. The summed E-state index contributed by atoms with van der Waals surface area (Å²) >= 11 is 0. The number of carbonyl (C=O) groups is 1. The van der Waals surface area contributed by atoms with E-state index in [0.717, 1.165) is 16.1 Å². The molecule has 220 valence electrons. The Morgan fingerprint density at radius 3 is 1.74 bits per heavy atom. The first-order chi connectivity index (χ1) is 20.0. The Hall–Kier alpha value is -4.35. The van der Waals surface area contributed by atoms with E-state index in [1.807, 2.05) is 36.4 Å². The summed E-state index contributed by atoms with van der Waals surface area (Å²) in [5.74, 6) is -0.322. The molecule has 0 saturated carbocycles. The van der Waals surface area contributed by atoms with E-state index >= 15 is 0 Å². The molecule has 0 aliphatic rings. The maximum absolute atomic E-state index is 13.7. The first-order valence-electron chi connectivity index (χ1n) is 13.0. The van der Waals surface area contributed by atoms with Gasteiger partial charge in [0.1, 0.15) is 18.9 Å². The number of esters is 1. The molecule has 4 rings (SSSR count). The minimum absolute atomic E-state index is 0.00442. The van der Waals surface area contributed by atoms with Gasteiger partial charge < -0.3 is 9.47 Å². The number of methoxy groups -OCH3 is 1. The summed E-state index contributed by atoms with van der Waals surface area (Å²) in [5, 5.41) is 0. The number of anilines is 2. The van der Waals surface area contributed by atoms with Gasteiger partial charge in [-0.1, -0.05) is 72.8 Å². The maximum atomic E-state index is 13.7. The molecule has 0 saturated heterocycles. The van der Waals surface area contributed by atoms with Crippen molar-refractivity contribution in [1.82, 2.24) is 0 Å². The fraction of sp³-hybridized carbons (Fsp3) is 0.194. The number of carbonyl (C=O) groups excluding carboxylic acids is 1. The highest BCUT2D eigenvalue weighted by Crippen LogP contribution is 2.27. The van der Waals surface area contributed by atoms with E-state index in [9.17, 15) is 21.6 Å². The van der Waals surface area contributed by atoms with Crippen LogP contribution in [0.3, 0.4) is 0 Å². The van der Waals surface area contributed by atoms with Crippen molar-refractivity contribution < 1.29 is 31.1 Å². The molecule has 42 heavy (non-hydrogen) atoms. The van der Waals surface area contributed by atoms with Crippen molar-refractivity contribution in [3.05, 3.63) is 126 Å². The summed E-state index contributed by atoms with van der Waals surface area (Å²) in [6.45, 7) is -0.108. The number of rotatable bonds is 13. The van der Waals surface area contributed by atoms with Gasteiger partial charge >= 0.3 is 5.97 Å². The number of sulfonamides is 2. The molecule has 11 heteroatoms. The lowest BCUT2D eigenvalue weighted by Crippen LogP contribution is -2.35. The van der Waals surface area contributed by atoms with Crippen LogP contribution in [0.5, 0.6) is 5.75 Å². The Bertz CT molecular complexity index is 1680. The molecule has 0 aliphatic carbocycles. The molecule has 9 nitrogen and oxygen atoms in total. The summed E-state index contributed by atoms with van der Waals surface area (Å²) in [6.07, 6.45) is 0.995. The Morgan fingerprint density at radius 1 is 0.667 bits per heavy atom. The van der Waals surface area contributed by atoms with Gasteiger partial charge in [0, 0.05) is 0 Å². The van der Waals surface area contributed by atoms with Crippen LogP contribution < -0.4 is 13.3 Å². The molecular weight excluding hydrogens is 576 g/mol. The molecule has 0 amide bonds. The van der Waals surface area contributed by atoms with Crippen LogP contribution in [0.2, 0.25) is 0 Å². The standard InChI is InChI=1S/C31H32N2O7S2/c1-39-31(34)22-32(41(2,35)36)28-15-13-25(14-16-28)21-33(42(37,38)24-27-11-7-4-8-12-27)29-17-19-30(20-18-29)40-23-26-9-5-3-6-10-26/h3-20H,21-24H2,1-2H3.